The Morgan fingerprint density at radius 2 is 1.50 bits per heavy atom. The lowest BCUT2D eigenvalue weighted by Crippen LogP contribution is -2.38. The Labute approximate surface area is 100.0 Å². The molecule has 0 radical (unpaired) electrons. The Balaban J connectivity index is 0. The van der Waals surface area contributed by atoms with Crippen molar-refractivity contribution in [2.24, 2.45) is 4.99 Å². The largest absolute Gasteiger partial charge is 0.496 e. The second kappa shape index (κ2) is 9.58. The van der Waals surface area contributed by atoms with Gasteiger partial charge in [0.1, 0.15) is 0 Å². The smallest absolute Gasteiger partial charge is 0.377 e. The number of rotatable bonds is 3. The lowest BCUT2D eigenvalue weighted by Gasteiger charge is -2.18. The first-order valence-corrected chi connectivity index (χ1v) is 7.10. The average Bonchev–Trinajstić information content (AvgIpc) is 2.30. The van der Waals surface area contributed by atoms with Crippen molar-refractivity contribution in [3.05, 3.63) is 0 Å². The maximum Gasteiger partial charge on any atom is 0.496 e. The number of guanidine groups is 1. The Hall–Kier alpha value is -0.633. The predicted octanol–water partition coefficient (Wildman–Crippen LogP) is 0.248. The van der Waals surface area contributed by atoms with E-state index in [-0.39, 0.29) is 0 Å². The number of aliphatic imine (C=N–C) groups is 1. The van der Waals surface area contributed by atoms with Crippen molar-refractivity contribution in [1.82, 2.24) is 10.2 Å². The minimum absolute atomic E-state index is 0.894. The summed E-state index contributed by atoms with van der Waals surface area (Å²) in [6.45, 7) is 1.83. The van der Waals surface area contributed by atoms with Crippen molar-refractivity contribution in [3.8, 4) is 0 Å². The summed E-state index contributed by atoms with van der Waals surface area (Å²) in [5, 5.41) is 2.93. The van der Waals surface area contributed by atoms with Gasteiger partial charge in [-0.1, -0.05) is 0 Å². The second-order valence-electron chi connectivity index (χ2n) is 3.17. The lowest BCUT2D eigenvalue weighted by molar-refractivity contribution is 0.132. The Bertz CT molecular complexity index is 188. The Morgan fingerprint density at radius 3 is 1.50 bits per heavy atom. The molecule has 98 valence electrons. The highest BCUT2D eigenvalue weighted by atomic mass is 28.4. The van der Waals surface area contributed by atoms with Crippen LogP contribution in [-0.4, -0.2) is 69.2 Å². The third kappa shape index (κ3) is 7.63. The summed E-state index contributed by atoms with van der Waals surface area (Å²) < 4.78 is 14.8. The molecule has 0 unspecified atom stereocenters. The molecule has 0 amide bonds. The zero-order chi connectivity index (χ0) is 13.2. The first-order chi connectivity index (χ1) is 7.40. The highest BCUT2D eigenvalue weighted by molar-refractivity contribution is 6.58. The summed E-state index contributed by atoms with van der Waals surface area (Å²) in [6.07, 6.45) is 0. The Morgan fingerprint density at radius 1 is 1.12 bits per heavy atom. The molecule has 0 aliphatic heterocycles. The van der Waals surface area contributed by atoms with Crippen LogP contribution in [-0.2, 0) is 13.3 Å². The maximum atomic E-state index is 4.93. The third-order valence-corrected chi connectivity index (χ3v) is 4.20. The second-order valence-corrected chi connectivity index (χ2v) is 6.12. The minimum atomic E-state index is -2.17. The zero-order valence-corrected chi connectivity index (χ0v) is 12.6. The molecule has 6 nitrogen and oxygen atoms in total. The van der Waals surface area contributed by atoms with Crippen LogP contribution in [0.2, 0.25) is 6.55 Å². The number of hydrogen-bond donors (Lipinski definition) is 1. The van der Waals surface area contributed by atoms with Gasteiger partial charge in [0, 0.05) is 56.1 Å². The van der Waals surface area contributed by atoms with Crippen LogP contribution < -0.4 is 5.32 Å². The van der Waals surface area contributed by atoms with Gasteiger partial charge in [-0.2, -0.15) is 0 Å². The van der Waals surface area contributed by atoms with Gasteiger partial charge in [-0.3, -0.25) is 4.99 Å². The normalized spacial score (nSPS) is 11.6. The molecular weight excluding hydrogens is 226 g/mol. The number of hydrogen-bond acceptors (Lipinski definition) is 4. The van der Waals surface area contributed by atoms with Crippen molar-refractivity contribution in [2.75, 3.05) is 49.5 Å². The molecular formula is C9H25N3O3Si. The van der Waals surface area contributed by atoms with E-state index in [9.17, 15) is 0 Å². The van der Waals surface area contributed by atoms with Gasteiger partial charge in [0.25, 0.3) is 0 Å². The Kier molecular flexibility index (Phi) is 10.6. The van der Waals surface area contributed by atoms with Gasteiger partial charge in [0.2, 0.25) is 0 Å². The van der Waals surface area contributed by atoms with Crippen LogP contribution in [0.5, 0.6) is 0 Å². The van der Waals surface area contributed by atoms with Gasteiger partial charge in [-0.05, 0) is 0 Å². The van der Waals surface area contributed by atoms with Crippen molar-refractivity contribution in [1.29, 1.82) is 0 Å². The monoisotopic (exact) mass is 251 g/mol. The van der Waals surface area contributed by atoms with Crippen LogP contribution in [0, 0.1) is 0 Å². The van der Waals surface area contributed by atoms with Gasteiger partial charge in [-0.15, -0.1) is 0 Å². The molecule has 0 rings (SSSR count). The molecule has 0 spiro atoms. The molecule has 0 aromatic heterocycles. The van der Waals surface area contributed by atoms with Crippen molar-refractivity contribution >= 4 is 14.8 Å². The highest BCUT2D eigenvalue weighted by Crippen LogP contribution is 2.02. The molecule has 0 bridgehead atoms. The van der Waals surface area contributed by atoms with Crippen LogP contribution in [0.25, 0.3) is 0 Å². The van der Waals surface area contributed by atoms with Gasteiger partial charge in [0.05, 0.1) is 0 Å². The van der Waals surface area contributed by atoms with Crippen LogP contribution in [0.15, 0.2) is 4.99 Å². The van der Waals surface area contributed by atoms with Crippen LogP contribution in [0.3, 0.4) is 0 Å². The van der Waals surface area contributed by atoms with E-state index in [1.54, 1.807) is 28.4 Å². The summed E-state index contributed by atoms with van der Waals surface area (Å²) in [5.41, 5.74) is 0. The summed E-state index contributed by atoms with van der Waals surface area (Å²) >= 11 is 0. The van der Waals surface area contributed by atoms with Crippen LogP contribution in [0.4, 0.5) is 0 Å². The fourth-order valence-corrected chi connectivity index (χ4v) is 1.29. The van der Waals surface area contributed by atoms with Crippen molar-refractivity contribution in [2.45, 2.75) is 6.55 Å². The third-order valence-electron chi connectivity index (χ3n) is 1.97. The van der Waals surface area contributed by atoms with E-state index in [0.29, 0.717) is 0 Å². The van der Waals surface area contributed by atoms with Crippen molar-refractivity contribution < 1.29 is 13.3 Å². The summed E-state index contributed by atoms with van der Waals surface area (Å²) in [6, 6.07) is 0. The average molecular weight is 251 g/mol. The fourth-order valence-electron chi connectivity index (χ4n) is 0.785. The quantitative estimate of drug-likeness (QED) is 0.443. The van der Waals surface area contributed by atoms with Crippen LogP contribution >= 0.6 is 0 Å². The molecule has 7 heteroatoms. The van der Waals surface area contributed by atoms with Gasteiger partial charge >= 0.3 is 8.80 Å². The molecule has 0 saturated carbocycles. The predicted molar refractivity (Wildman–Crippen MR) is 68.8 cm³/mol. The fraction of sp³-hybridized carbons (Fsp3) is 0.889. The molecule has 0 aliphatic carbocycles. The van der Waals surface area contributed by atoms with Gasteiger partial charge < -0.3 is 23.5 Å². The van der Waals surface area contributed by atoms with E-state index in [2.05, 4.69) is 10.3 Å². The molecule has 0 atom stereocenters. The molecule has 0 aromatic rings. The molecule has 0 aromatic carbocycles. The topological polar surface area (TPSA) is 55.3 Å². The van der Waals surface area contributed by atoms with E-state index in [1.807, 2.05) is 32.6 Å². The molecule has 0 fully saturated rings. The molecule has 0 heterocycles. The lowest BCUT2D eigenvalue weighted by atomic mass is 10.8. The van der Waals surface area contributed by atoms with E-state index in [0.717, 1.165) is 5.96 Å². The molecule has 0 aliphatic rings. The highest BCUT2D eigenvalue weighted by Gasteiger charge is 2.29. The number of nitrogens with zero attached hydrogens (tertiary/aromatic N) is 2. The van der Waals surface area contributed by atoms with E-state index in [1.165, 1.54) is 0 Å². The van der Waals surface area contributed by atoms with E-state index >= 15 is 0 Å². The van der Waals surface area contributed by atoms with Crippen molar-refractivity contribution in [3.63, 3.8) is 0 Å². The molecule has 16 heavy (non-hydrogen) atoms. The van der Waals surface area contributed by atoms with Crippen LogP contribution in [0.1, 0.15) is 0 Å². The summed E-state index contributed by atoms with van der Waals surface area (Å²) in [5.74, 6) is 0.894. The van der Waals surface area contributed by atoms with Gasteiger partial charge in [0.15, 0.2) is 5.96 Å². The first kappa shape index (κ1) is 17.8. The minimum Gasteiger partial charge on any atom is -0.377 e. The van der Waals surface area contributed by atoms with Gasteiger partial charge in [-0.25, -0.2) is 0 Å². The standard InChI is InChI=1S/C5H13N3.C4H12O3Si/c1-6-5(7-2)8(3)4;1-5-8(4,6-2)7-3/h1-4H3,(H,6,7);1-4H3. The summed E-state index contributed by atoms with van der Waals surface area (Å²) in [4.78, 5) is 5.85. The first-order valence-electron chi connectivity index (χ1n) is 4.88. The van der Waals surface area contributed by atoms with E-state index < -0.39 is 8.80 Å². The van der Waals surface area contributed by atoms with E-state index in [4.69, 9.17) is 13.3 Å². The zero-order valence-electron chi connectivity index (χ0n) is 11.6. The summed E-state index contributed by atoms with van der Waals surface area (Å²) in [7, 11) is 10.1. The number of nitrogens with one attached hydrogen (secondary N) is 1. The molecule has 1 N–H and O–H groups in total. The molecule has 0 saturated heterocycles. The maximum absolute atomic E-state index is 4.93. The SMILES string of the molecule is CN=C(NC)N(C)C.CO[Si](C)(OC)OC.